The van der Waals surface area contributed by atoms with Gasteiger partial charge in [-0.2, -0.15) is 0 Å². The molecule has 1 heterocycles. The summed E-state index contributed by atoms with van der Waals surface area (Å²) in [6.45, 7) is 6.12. The number of rotatable bonds is 8. The van der Waals surface area contributed by atoms with Gasteiger partial charge < -0.3 is 15.5 Å². The highest BCUT2D eigenvalue weighted by molar-refractivity contribution is 6.30. The van der Waals surface area contributed by atoms with Gasteiger partial charge in [-0.25, -0.2) is 0 Å². The standard InChI is InChI=1S/C20H31ClN4O/c1-2-22-20(24-13-11-17-8-6-9-18(21)16-17)23-12-7-15-25-14-5-3-4-10-19(25)26/h6,8-9,16H,2-5,7,10-15H2,1H3,(H2,22,23,24). The first-order chi connectivity index (χ1) is 12.7. The number of likely N-dealkylation sites (tertiary alicyclic amines) is 1. The Bertz CT molecular complexity index is 591. The van der Waals surface area contributed by atoms with E-state index in [9.17, 15) is 4.79 Å². The van der Waals surface area contributed by atoms with Gasteiger partial charge >= 0.3 is 0 Å². The average molecular weight is 379 g/mol. The summed E-state index contributed by atoms with van der Waals surface area (Å²) in [6.07, 6.45) is 5.83. The minimum Gasteiger partial charge on any atom is -0.357 e. The van der Waals surface area contributed by atoms with Crippen LogP contribution in [0, 0.1) is 0 Å². The smallest absolute Gasteiger partial charge is 0.222 e. The molecule has 0 spiro atoms. The van der Waals surface area contributed by atoms with Crippen LogP contribution < -0.4 is 10.6 Å². The molecule has 1 aliphatic heterocycles. The van der Waals surface area contributed by atoms with Crippen molar-refractivity contribution in [2.45, 2.75) is 45.4 Å². The van der Waals surface area contributed by atoms with Crippen LogP contribution in [0.3, 0.4) is 0 Å². The van der Waals surface area contributed by atoms with Gasteiger partial charge in [-0.1, -0.05) is 30.2 Å². The summed E-state index contributed by atoms with van der Waals surface area (Å²) >= 11 is 6.02. The van der Waals surface area contributed by atoms with Crippen molar-refractivity contribution in [3.8, 4) is 0 Å². The maximum absolute atomic E-state index is 12.0. The summed E-state index contributed by atoms with van der Waals surface area (Å²) in [5, 5.41) is 7.40. The number of nitrogens with one attached hydrogen (secondary N) is 2. The van der Waals surface area contributed by atoms with Crippen molar-refractivity contribution < 1.29 is 4.79 Å². The van der Waals surface area contributed by atoms with Gasteiger partial charge in [-0.15, -0.1) is 0 Å². The van der Waals surface area contributed by atoms with Crippen molar-refractivity contribution in [3.63, 3.8) is 0 Å². The Kier molecular flexibility index (Phi) is 9.32. The number of benzene rings is 1. The molecular weight excluding hydrogens is 348 g/mol. The number of amides is 1. The quantitative estimate of drug-likeness (QED) is 0.415. The highest BCUT2D eigenvalue weighted by Gasteiger charge is 2.15. The van der Waals surface area contributed by atoms with Gasteiger partial charge in [0.15, 0.2) is 5.96 Å². The Morgan fingerprint density at radius 2 is 2.15 bits per heavy atom. The fourth-order valence-electron chi connectivity index (χ4n) is 3.09. The largest absolute Gasteiger partial charge is 0.357 e. The number of carbonyl (C=O) groups is 1. The van der Waals surface area contributed by atoms with Crippen LogP contribution in [0.5, 0.6) is 0 Å². The normalized spacial score (nSPS) is 15.7. The molecule has 0 radical (unpaired) electrons. The van der Waals surface area contributed by atoms with Gasteiger partial charge in [0.25, 0.3) is 0 Å². The third kappa shape index (κ3) is 7.65. The van der Waals surface area contributed by atoms with Crippen molar-refractivity contribution >= 4 is 23.5 Å². The van der Waals surface area contributed by atoms with Crippen molar-refractivity contribution in [2.75, 3.05) is 32.7 Å². The zero-order valence-corrected chi connectivity index (χ0v) is 16.5. The Hall–Kier alpha value is -1.75. The zero-order chi connectivity index (χ0) is 18.6. The maximum atomic E-state index is 12.0. The fraction of sp³-hybridized carbons (Fsp3) is 0.600. The van der Waals surface area contributed by atoms with E-state index in [2.05, 4.69) is 28.6 Å². The summed E-state index contributed by atoms with van der Waals surface area (Å²) < 4.78 is 0. The first-order valence-corrected chi connectivity index (χ1v) is 10.1. The molecule has 0 atom stereocenters. The second kappa shape index (κ2) is 11.8. The molecule has 2 rings (SSSR count). The average Bonchev–Trinajstić information content (AvgIpc) is 2.83. The topological polar surface area (TPSA) is 56.7 Å². The lowest BCUT2D eigenvalue weighted by Crippen LogP contribution is -2.38. The molecule has 1 aromatic carbocycles. The molecule has 1 aromatic rings. The summed E-state index contributed by atoms with van der Waals surface area (Å²) in [7, 11) is 0. The van der Waals surface area contributed by atoms with Gasteiger partial charge in [-0.3, -0.25) is 9.79 Å². The van der Waals surface area contributed by atoms with Crippen LogP contribution in [0.15, 0.2) is 29.3 Å². The molecule has 0 unspecified atom stereocenters. The van der Waals surface area contributed by atoms with Crippen LogP contribution in [0.2, 0.25) is 5.02 Å². The Morgan fingerprint density at radius 1 is 1.27 bits per heavy atom. The van der Waals surface area contributed by atoms with Crippen LogP contribution in [0.4, 0.5) is 0 Å². The molecule has 6 heteroatoms. The summed E-state index contributed by atoms with van der Waals surface area (Å²) in [5.74, 6) is 1.13. The van der Waals surface area contributed by atoms with Crippen LogP contribution in [-0.2, 0) is 11.2 Å². The van der Waals surface area contributed by atoms with E-state index in [0.717, 1.165) is 69.4 Å². The van der Waals surface area contributed by atoms with E-state index in [0.29, 0.717) is 12.3 Å². The summed E-state index contributed by atoms with van der Waals surface area (Å²) in [6, 6.07) is 7.93. The predicted molar refractivity (Wildman–Crippen MR) is 109 cm³/mol. The van der Waals surface area contributed by atoms with E-state index in [1.54, 1.807) is 0 Å². The summed E-state index contributed by atoms with van der Waals surface area (Å²) in [5.41, 5.74) is 1.21. The molecule has 26 heavy (non-hydrogen) atoms. The van der Waals surface area contributed by atoms with Crippen LogP contribution >= 0.6 is 11.6 Å². The molecule has 0 saturated carbocycles. The first kappa shape index (κ1) is 20.6. The molecular formula is C20H31ClN4O. The minimum absolute atomic E-state index is 0.304. The van der Waals surface area contributed by atoms with Crippen LogP contribution in [0.1, 0.15) is 44.6 Å². The molecule has 144 valence electrons. The van der Waals surface area contributed by atoms with E-state index in [1.807, 2.05) is 23.1 Å². The molecule has 1 aliphatic rings. The Labute approximate surface area is 162 Å². The van der Waals surface area contributed by atoms with Gasteiger partial charge in [0.05, 0.1) is 0 Å². The predicted octanol–water partition coefficient (Wildman–Crippen LogP) is 3.23. The third-order valence-corrected chi connectivity index (χ3v) is 4.70. The molecule has 0 aliphatic carbocycles. The number of guanidine groups is 1. The molecule has 0 bridgehead atoms. The number of aliphatic imine (C=N–C) groups is 1. The Morgan fingerprint density at radius 3 is 2.96 bits per heavy atom. The van der Waals surface area contributed by atoms with Crippen molar-refractivity contribution in [2.24, 2.45) is 4.99 Å². The van der Waals surface area contributed by atoms with Gasteiger partial charge in [-0.05, 0) is 50.3 Å². The first-order valence-electron chi connectivity index (χ1n) is 9.73. The highest BCUT2D eigenvalue weighted by Crippen LogP contribution is 2.12. The number of hydrogen-bond acceptors (Lipinski definition) is 2. The fourth-order valence-corrected chi connectivity index (χ4v) is 3.30. The second-order valence-electron chi connectivity index (χ2n) is 6.61. The molecule has 2 N–H and O–H groups in total. The van der Waals surface area contributed by atoms with Gasteiger partial charge in [0, 0.05) is 44.2 Å². The molecule has 0 aromatic heterocycles. The van der Waals surface area contributed by atoms with Crippen LogP contribution in [0.25, 0.3) is 0 Å². The molecule has 5 nitrogen and oxygen atoms in total. The molecule has 1 saturated heterocycles. The zero-order valence-electron chi connectivity index (χ0n) is 15.8. The van der Waals surface area contributed by atoms with E-state index in [1.165, 1.54) is 12.0 Å². The maximum Gasteiger partial charge on any atom is 0.222 e. The number of halogens is 1. The van der Waals surface area contributed by atoms with E-state index < -0.39 is 0 Å². The molecule has 1 amide bonds. The Balaban J connectivity index is 1.72. The van der Waals surface area contributed by atoms with Crippen molar-refractivity contribution in [1.29, 1.82) is 0 Å². The number of hydrogen-bond donors (Lipinski definition) is 2. The van der Waals surface area contributed by atoms with E-state index in [-0.39, 0.29) is 0 Å². The second-order valence-corrected chi connectivity index (χ2v) is 7.05. The lowest BCUT2D eigenvalue weighted by molar-refractivity contribution is -0.130. The lowest BCUT2D eigenvalue weighted by Gasteiger charge is -2.20. The van der Waals surface area contributed by atoms with Crippen molar-refractivity contribution in [3.05, 3.63) is 34.9 Å². The van der Waals surface area contributed by atoms with Crippen molar-refractivity contribution in [1.82, 2.24) is 15.5 Å². The minimum atomic E-state index is 0.304. The van der Waals surface area contributed by atoms with E-state index >= 15 is 0 Å². The van der Waals surface area contributed by atoms with Gasteiger partial charge in [0.1, 0.15) is 0 Å². The summed E-state index contributed by atoms with van der Waals surface area (Å²) in [4.78, 5) is 18.6. The number of carbonyl (C=O) groups excluding carboxylic acids is 1. The SMILES string of the molecule is CCNC(=NCCCN1CCCCCC1=O)NCCc1cccc(Cl)c1. The highest BCUT2D eigenvalue weighted by atomic mass is 35.5. The van der Waals surface area contributed by atoms with E-state index in [4.69, 9.17) is 11.6 Å². The van der Waals surface area contributed by atoms with Crippen LogP contribution in [-0.4, -0.2) is 49.5 Å². The monoisotopic (exact) mass is 378 g/mol. The van der Waals surface area contributed by atoms with Gasteiger partial charge in [0.2, 0.25) is 5.91 Å². The molecule has 1 fully saturated rings. The lowest BCUT2D eigenvalue weighted by atomic mass is 10.1. The third-order valence-electron chi connectivity index (χ3n) is 4.47. The number of nitrogens with zero attached hydrogens (tertiary/aromatic N) is 2.